The van der Waals surface area contributed by atoms with Gasteiger partial charge in [-0.15, -0.1) is 0 Å². The number of benzene rings is 1. The Hall–Kier alpha value is -2.01. The predicted octanol–water partition coefficient (Wildman–Crippen LogP) is 3.23. The number of H-pyrrole nitrogens is 1. The summed E-state index contributed by atoms with van der Waals surface area (Å²) in [6.07, 6.45) is 3.68. The van der Waals surface area contributed by atoms with Crippen molar-refractivity contribution < 1.29 is 9.47 Å². The summed E-state index contributed by atoms with van der Waals surface area (Å²) in [4.78, 5) is 18.9. The van der Waals surface area contributed by atoms with Crippen molar-refractivity contribution in [3.63, 3.8) is 0 Å². The second kappa shape index (κ2) is 6.85. The molecule has 0 bridgehead atoms. The van der Waals surface area contributed by atoms with Crippen LogP contribution in [0.25, 0.3) is 10.9 Å². The molecule has 1 aromatic heterocycles. The summed E-state index contributed by atoms with van der Waals surface area (Å²) in [5.41, 5.74) is 2.55. The maximum Gasteiger partial charge on any atom is 0.194 e. The third kappa shape index (κ3) is 3.00. The topological polar surface area (TPSA) is 54.6 Å². The van der Waals surface area contributed by atoms with Crippen molar-refractivity contribution in [3.8, 4) is 11.5 Å². The minimum atomic E-state index is 0.0659. The lowest BCUT2D eigenvalue weighted by molar-refractivity contribution is 0.152. The van der Waals surface area contributed by atoms with Gasteiger partial charge >= 0.3 is 0 Å². The molecule has 0 aliphatic carbocycles. The highest BCUT2D eigenvalue weighted by Crippen LogP contribution is 2.29. The van der Waals surface area contributed by atoms with Gasteiger partial charge in [0.05, 0.1) is 25.1 Å². The van der Waals surface area contributed by atoms with Crippen LogP contribution in [0.1, 0.15) is 37.4 Å². The molecule has 5 heteroatoms. The average molecular weight is 330 g/mol. The van der Waals surface area contributed by atoms with Crippen molar-refractivity contribution in [1.29, 1.82) is 0 Å². The van der Waals surface area contributed by atoms with Gasteiger partial charge in [-0.1, -0.05) is 6.42 Å². The summed E-state index contributed by atoms with van der Waals surface area (Å²) in [6, 6.07) is 4.11. The Morgan fingerprint density at radius 3 is 2.71 bits per heavy atom. The van der Waals surface area contributed by atoms with Crippen molar-refractivity contribution >= 4 is 10.9 Å². The van der Waals surface area contributed by atoms with E-state index in [4.69, 9.17) is 9.47 Å². The maximum absolute atomic E-state index is 13.1. The molecule has 1 aromatic carbocycles. The van der Waals surface area contributed by atoms with Gasteiger partial charge in [-0.25, -0.2) is 0 Å². The SMILES string of the molecule is COc1cc(OC)c2[nH]c(C)c(CN3CCCCC3C)c(=O)c2c1. The number of hydrogen-bond acceptors (Lipinski definition) is 4. The van der Waals surface area contributed by atoms with Gasteiger partial charge in [0.2, 0.25) is 0 Å². The van der Waals surface area contributed by atoms with Crippen molar-refractivity contribution in [2.45, 2.75) is 45.7 Å². The molecule has 0 spiro atoms. The molecule has 0 radical (unpaired) electrons. The predicted molar refractivity (Wildman–Crippen MR) is 96.1 cm³/mol. The summed E-state index contributed by atoms with van der Waals surface area (Å²) >= 11 is 0. The van der Waals surface area contributed by atoms with Gasteiger partial charge in [-0.3, -0.25) is 9.69 Å². The van der Waals surface area contributed by atoms with Crippen LogP contribution in [0.2, 0.25) is 0 Å². The number of aromatic nitrogens is 1. The zero-order chi connectivity index (χ0) is 17.3. The zero-order valence-electron chi connectivity index (χ0n) is 14.9. The fourth-order valence-electron chi connectivity index (χ4n) is 3.56. The molecule has 1 N–H and O–H groups in total. The molecule has 0 saturated carbocycles. The van der Waals surface area contributed by atoms with Crippen LogP contribution in [0.5, 0.6) is 11.5 Å². The lowest BCUT2D eigenvalue weighted by Crippen LogP contribution is -2.38. The van der Waals surface area contributed by atoms with E-state index in [9.17, 15) is 4.79 Å². The lowest BCUT2D eigenvalue weighted by atomic mass is 10.0. The Bertz CT molecular complexity index is 797. The van der Waals surface area contributed by atoms with E-state index >= 15 is 0 Å². The first-order chi connectivity index (χ1) is 11.5. The maximum atomic E-state index is 13.1. The molecule has 1 aliphatic rings. The largest absolute Gasteiger partial charge is 0.497 e. The molecule has 1 atom stereocenters. The standard InChI is InChI=1S/C19H26N2O3/c1-12-7-5-6-8-21(12)11-16-13(2)20-18-15(19(16)22)9-14(23-3)10-17(18)24-4/h9-10,12H,5-8,11H2,1-4H3,(H,20,22). The second-order valence-electron chi connectivity index (χ2n) is 6.63. The smallest absolute Gasteiger partial charge is 0.194 e. The van der Waals surface area contributed by atoms with Crippen LogP contribution < -0.4 is 14.9 Å². The number of ether oxygens (including phenoxy) is 2. The number of rotatable bonds is 4. The molecule has 2 aromatic rings. The van der Waals surface area contributed by atoms with E-state index in [2.05, 4.69) is 16.8 Å². The number of aromatic amines is 1. The highest BCUT2D eigenvalue weighted by molar-refractivity contribution is 5.86. The van der Waals surface area contributed by atoms with Crippen LogP contribution in [0.15, 0.2) is 16.9 Å². The van der Waals surface area contributed by atoms with E-state index in [0.717, 1.165) is 23.3 Å². The Morgan fingerprint density at radius 2 is 2.04 bits per heavy atom. The van der Waals surface area contributed by atoms with Crippen LogP contribution >= 0.6 is 0 Å². The van der Waals surface area contributed by atoms with Crippen molar-refractivity contribution in [2.24, 2.45) is 0 Å². The van der Waals surface area contributed by atoms with E-state index < -0.39 is 0 Å². The van der Waals surface area contributed by atoms with Crippen LogP contribution in [-0.4, -0.2) is 36.7 Å². The molecule has 130 valence electrons. The average Bonchev–Trinajstić information content (AvgIpc) is 2.59. The zero-order valence-corrected chi connectivity index (χ0v) is 14.9. The fourth-order valence-corrected chi connectivity index (χ4v) is 3.56. The number of nitrogens with one attached hydrogen (secondary N) is 1. The summed E-state index contributed by atoms with van der Waals surface area (Å²) in [6.45, 7) is 5.96. The van der Waals surface area contributed by atoms with E-state index in [-0.39, 0.29) is 5.43 Å². The molecule has 1 unspecified atom stereocenters. The molecular formula is C19H26N2O3. The molecule has 3 rings (SSSR count). The minimum absolute atomic E-state index is 0.0659. The van der Waals surface area contributed by atoms with Gasteiger partial charge in [0, 0.05) is 29.9 Å². The van der Waals surface area contributed by atoms with E-state index in [1.165, 1.54) is 19.3 Å². The van der Waals surface area contributed by atoms with Crippen molar-refractivity contribution in [2.75, 3.05) is 20.8 Å². The normalized spacial score (nSPS) is 18.8. The second-order valence-corrected chi connectivity index (χ2v) is 6.63. The monoisotopic (exact) mass is 330 g/mol. The van der Waals surface area contributed by atoms with Gasteiger partial charge < -0.3 is 14.5 Å². The molecule has 5 nitrogen and oxygen atoms in total. The summed E-state index contributed by atoms with van der Waals surface area (Å²) < 4.78 is 10.7. The van der Waals surface area contributed by atoms with Crippen molar-refractivity contribution in [3.05, 3.63) is 33.6 Å². The first kappa shape index (κ1) is 16.8. The Morgan fingerprint density at radius 1 is 1.25 bits per heavy atom. The van der Waals surface area contributed by atoms with Crippen LogP contribution in [0.3, 0.4) is 0 Å². The van der Waals surface area contributed by atoms with Gasteiger partial charge in [0.1, 0.15) is 11.5 Å². The third-order valence-electron chi connectivity index (χ3n) is 5.12. The van der Waals surface area contributed by atoms with Crippen LogP contribution in [0.4, 0.5) is 0 Å². The molecule has 2 heterocycles. The number of nitrogens with zero attached hydrogens (tertiary/aromatic N) is 1. The van der Waals surface area contributed by atoms with E-state index in [1.54, 1.807) is 26.4 Å². The van der Waals surface area contributed by atoms with Gasteiger partial charge in [0.15, 0.2) is 5.43 Å². The van der Waals surface area contributed by atoms with Gasteiger partial charge in [-0.2, -0.15) is 0 Å². The Balaban J connectivity index is 2.10. The summed E-state index contributed by atoms with van der Waals surface area (Å²) in [5.74, 6) is 1.26. The first-order valence-corrected chi connectivity index (χ1v) is 8.56. The lowest BCUT2D eigenvalue weighted by Gasteiger charge is -2.33. The summed E-state index contributed by atoms with van der Waals surface area (Å²) in [5, 5.41) is 0.622. The summed E-state index contributed by atoms with van der Waals surface area (Å²) in [7, 11) is 3.20. The quantitative estimate of drug-likeness (QED) is 0.935. The Labute approximate surface area is 142 Å². The highest BCUT2D eigenvalue weighted by Gasteiger charge is 2.21. The van der Waals surface area contributed by atoms with Crippen molar-refractivity contribution in [1.82, 2.24) is 9.88 Å². The van der Waals surface area contributed by atoms with Gasteiger partial charge in [-0.05, 0) is 39.3 Å². The van der Waals surface area contributed by atoms with E-state index in [1.807, 2.05) is 6.92 Å². The molecule has 0 amide bonds. The Kier molecular flexibility index (Phi) is 4.81. The number of hydrogen-bond donors (Lipinski definition) is 1. The highest BCUT2D eigenvalue weighted by atomic mass is 16.5. The third-order valence-corrected chi connectivity index (χ3v) is 5.12. The van der Waals surface area contributed by atoms with Crippen LogP contribution in [0, 0.1) is 6.92 Å². The first-order valence-electron chi connectivity index (χ1n) is 8.56. The molecule has 1 fully saturated rings. The van der Waals surface area contributed by atoms with E-state index in [0.29, 0.717) is 29.5 Å². The number of aryl methyl sites for hydroxylation is 1. The number of piperidine rings is 1. The fraction of sp³-hybridized carbons (Fsp3) is 0.526. The minimum Gasteiger partial charge on any atom is -0.497 e. The number of fused-ring (bicyclic) bond motifs is 1. The molecular weight excluding hydrogens is 304 g/mol. The number of pyridine rings is 1. The molecule has 1 saturated heterocycles. The van der Waals surface area contributed by atoms with Gasteiger partial charge in [0.25, 0.3) is 0 Å². The number of methoxy groups -OCH3 is 2. The van der Waals surface area contributed by atoms with Crippen LogP contribution in [-0.2, 0) is 6.54 Å². The number of likely N-dealkylation sites (tertiary alicyclic amines) is 1. The molecule has 24 heavy (non-hydrogen) atoms. The molecule has 1 aliphatic heterocycles.